The minimum absolute atomic E-state index is 0.254. The molecule has 0 spiro atoms. The van der Waals surface area contributed by atoms with E-state index in [1.165, 1.54) is 5.56 Å². The molecule has 0 atom stereocenters. The van der Waals surface area contributed by atoms with E-state index < -0.39 is 0 Å². The highest BCUT2D eigenvalue weighted by Crippen LogP contribution is 2.09. The molecule has 0 amide bonds. The first-order chi connectivity index (χ1) is 10.1. The van der Waals surface area contributed by atoms with Crippen LogP contribution in [0.5, 0.6) is 0 Å². The van der Waals surface area contributed by atoms with Gasteiger partial charge in [-0.2, -0.15) is 0 Å². The number of quaternary nitrogens is 1. The Labute approximate surface area is 126 Å². The second-order valence-electron chi connectivity index (χ2n) is 5.80. The second kappa shape index (κ2) is 7.04. The molecular formula is C18H22NO2+. The molecule has 2 aromatic carbocycles. The Balaban J connectivity index is 1.81. The van der Waals surface area contributed by atoms with Gasteiger partial charge in [0.2, 0.25) is 0 Å². The topological polar surface area (TPSA) is 26.3 Å². The minimum Gasteiger partial charge on any atom is -0.456 e. The highest BCUT2D eigenvalue weighted by molar-refractivity contribution is 5.89. The highest BCUT2D eigenvalue weighted by atomic mass is 16.5. The van der Waals surface area contributed by atoms with E-state index in [0.717, 1.165) is 17.6 Å². The number of benzene rings is 2. The van der Waals surface area contributed by atoms with E-state index in [0.29, 0.717) is 12.2 Å². The van der Waals surface area contributed by atoms with Crippen molar-refractivity contribution in [1.82, 2.24) is 0 Å². The SMILES string of the molecule is C[N+](C)(CCOC(=O)c1ccccc1)Cc1ccccc1. The lowest BCUT2D eigenvalue weighted by atomic mass is 10.2. The average Bonchev–Trinajstić information content (AvgIpc) is 2.48. The van der Waals surface area contributed by atoms with E-state index >= 15 is 0 Å². The lowest BCUT2D eigenvalue weighted by Gasteiger charge is -2.29. The van der Waals surface area contributed by atoms with Gasteiger partial charge in [0, 0.05) is 5.56 Å². The third kappa shape index (κ3) is 5.04. The summed E-state index contributed by atoms with van der Waals surface area (Å²) in [4.78, 5) is 11.9. The molecule has 0 radical (unpaired) electrons. The molecule has 0 bridgehead atoms. The van der Waals surface area contributed by atoms with Gasteiger partial charge in [-0.05, 0) is 12.1 Å². The summed E-state index contributed by atoms with van der Waals surface area (Å²) in [5.41, 5.74) is 1.89. The Morgan fingerprint density at radius 3 is 2.14 bits per heavy atom. The largest absolute Gasteiger partial charge is 0.456 e. The average molecular weight is 284 g/mol. The van der Waals surface area contributed by atoms with E-state index in [4.69, 9.17) is 4.74 Å². The molecule has 0 aliphatic rings. The molecule has 110 valence electrons. The van der Waals surface area contributed by atoms with E-state index in [9.17, 15) is 4.79 Å². The van der Waals surface area contributed by atoms with Crippen molar-refractivity contribution >= 4 is 5.97 Å². The van der Waals surface area contributed by atoms with Crippen LogP contribution in [0.15, 0.2) is 60.7 Å². The maximum atomic E-state index is 11.9. The van der Waals surface area contributed by atoms with Crippen molar-refractivity contribution in [3.05, 3.63) is 71.8 Å². The van der Waals surface area contributed by atoms with Gasteiger partial charge in [0.15, 0.2) is 0 Å². The zero-order valence-electron chi connectivity index (χ0n) is 12.7. The van der Waals surface area contributed by atoms with Crippen LogP contribution in [-0.4, -0.2) is 37.7 Å². The first-order valence-corrected chi connectivity index (χ1v) is 7.15. The normalized spacial score (nSPS) is 11.1. The highest BCUT2D eigenvalue weighted by Gasteiger charge is 2.17. The number of rotatable bonds is 6. The Morgan fingerprint density at radius 2 is 1.52 bits per heavy atom. The van der Waals surface area contributed by atoms with Crippen molar-refractivity contribution in [3.8, 4) is 0 Å². The third-order valence-electron chi connectivity index (χ3n) is 3.39. The Bertz CT molecular complexity index is 564. The third-order valence-corrected chi connectivity index (χ3v) is 3.39. The number of hydrogen-bond donors (Lipinski definition) is 0. The molecule has 0 saturated carbocycles. The Morgan fingerprint density at radius 1 is 0.952 bits per heavy atom. The van der Waals surface area contributed by atoms with Gasteiger partial charge in [0.1, 0.15) is 19.7 Å². The van der Waals surface area contributed by atoms with Gasteiger partial charge in [0.25, 0.3) is 0 Å². The van der Waals surface area contributed by atoms with Gasteiger partial charge < -0.3 is 9.22 Å². The number of esters is 1. The maximum Gasteiger partial charge on any atom is 0.338 e. The number of carbonyl (C=O) groups is 1. The first-order valence-electron chi connectivity index (χ1n) is 7.15. The fourth-order valence-corrected chi connectivity index (χ4v) is 2.20. The summed E-state index contributed by atoms with van der Waals surface area (Å²) in [7, 11) is 4.28. The van der Waals surface area contributed by atoms with Gasteiger partial charge in [-0.1, -0.05) is 48.5 Å². The predicted molar refractivity (Wildman–Crippen MR) is 83.8 cm³/mol. The van der Waals surface area contributed by atoms with Crippen LogP contribution in [0.4, 0.5) is 0 Å². The van der Waals surface area contributed by atoms with Crippen LogP contribution in [0.25, 0.3) is 0 Å². The smallest absolute Gasteiger partial charge is 0.338 e. The van der Waals surface area contributed by atoms with E-state index in [-0.39, 0.29) is 5.97 Å². The van der Waals surface area contributed by atoms with Crippen molar-refractivity contribution in [2.75, 3.05) is 27.2 Å². The summed E-state index contributed by atoms with van der Waals surface area (Å²) in [5, 5.41) is 0. The van der Waals surface area contributed by atoms with Crippen molar-refractivity contribution in [3.63, 3.8) is 0 Å². The number of ether oxygens (including phenoxy) is 1. The van der Waals surface area contributed by atoms with Crippen LogP contribution in [0.1, 0.15) is 15.9 Å². The summed E-state index contributed by atoms with van der Waals surface area (Å²) >= 11 is 0. The molecule has 3 nitrogen and oxygen atoms in total. The Hall–Kier alpha value is -2.13. The van der Waals surface area contributed by atoms with E-state index in [2.05, 4.69) is 26.2 Å². The van der Waals surface area contributed by atoms with Crippen LogP contribution in [0.2, 0.25) is 0 Å². The molecule has 2 rings (SSSR count). The molecule has 21 heavy (non-hydrogen) atoms. The zero-order valence-corrected chi connectivity index (χ0v) is 12.7. The van der Waals surface area contributed by atoms with Gasteiger partial charge in [-0.15, -0.1) is 0 Å². The van der Waals surface area contributed by atoms with E-state index in [1.54, 1.807) is 12.1 Å². The molecule has 0 unspecified atom stereocenters. The van der Waals surface area contributed by atoms with Crippen molar-refractivity contribution in [2.24, 2.45) is 0 Å². The lowest BCUT2D eigenvalue weighted by Crippen LogP contribution is -2.41. The van der Waals surface area contributed by atoms with Gasteiger partial charge in [-0.25, -0.2) is 4.79 Å². The zero-order chi connectivity index (χ0) is 15.1. The summed E-state index contributed by atoms with van der Waals surface area (Å²) in [6, 6.07) is 19.5. The minimum atomic E-state index is -0.254. The monoisotopic (exact) mass is 284 g/mol. The molecule has 2 aromatic rings. The van der Waals surface area contributed by atoms with Crippen molar-refractivity contribution < 1.29 is 14.0 Å². The number of hydrogen-bond acceptors (Lipinski definition) is 2. The first kappa shape index (κ1) is 15.3. The molecule has 3 heteroatoms. The summed E-state index contributed by atoms with van der Waals surface area (Å²) in [6.07, 6.45) is 0. The summed E-state index contributed by atoms with van der Waals surface area (Å²) in [6.45, 7) is 2.13. The fourth-order valence-electron chi connectivity index (χ4n) is 2.20. The maximum absolute atomic E-state index is 11.9. The number of nitrogens with zero attached hydrogens (tertiary/aromatic N) is 1. The molecule has 0 aliphatic carbocycles. The van der Waals surface area contributed by atoms with Crippen LogP contribution in [-0.2, 0) is 11.3 Å². The van der Waals surface area contributed by atoms with Crippen LogP contribution < -0.4 is 0 Å². The fraction of sp³-hybridized carbons (Fsp3) is 0.278. The number of carbonyl (C=O) groups excluding carboxylic acids is 1. The molecule has 0 heterocycles. The molecule has 0 aromatic heterocycles. The van der Waals surface area contributed by atoms with Crippen LogP contribution >= 0.6 is 0 Å². The second-order valence-corrected chi connectivity index (χ2v) is 5.80. The van der Waals surface area contributed by atoms with Crippen molar-refractivity contribution in [1.29, 1.82) is 0 Å². The van der Waals surface area contributed by atoms with Gasteiger partial charge >= 0.3 is 5.97 Å². The van der Waals surface area contributed by atoms with Crippen LogP contribution in [0.3, 0.4) is 0 Å². The van der Waals surface area contributed by atoms with Crippen LogP contribution in [0, 0.1) is 0 Å². The molecule has 0 saturated heterocycles. The van der Waals surface area contributed by atoms with Crippen molar-refractivity contribution in [2.45, 2.75) is 6.54 Å². The molecule has 0 fully saturated rings. The van der Waals surface area contributed by atoms with Gasteiger partial charge in [-0.3, -0.25) is 0 Å². The standard InChI is InChI=1S/C18H22NO2/c1-19(2,15-16-9-5-3-6-10-16)13-14-21-18(20)17-11-7-4-8-12-17/h3-12H,13-15H2,1-2H3/q+1. The number of likely N-dealkylation sites (N-methyl/N-ethyl adjacent to an activating group) is 1. The molecular weight excluding hydrogens is 262 g/mol. The summed E-state index contributed by atoms with van der Waals surface area (Å²) < 4.78 is 6.13. The van der Waals surface area contributed by atoms with Gasteiger partial charge in [0.05, 0.1) is 19.7 Å². The quantitative estimate of drug-likeness (QED) is 0.602. The Kier molecular flexibility index (Phi) is 5.12. The predicted octanol–water partition coefficient (Wildman–Crippen LogP) is 3.12. The molecule has 0 aliphatic heterocycles. The summed E-state index contributed by atoms with van der Waals surface area (Å²) in [5.74, 6) is -0.254. The molecule has 0 N–H and O–H groups in total. The van der Waals surface area contributed by atoms with E-state index in [1.807, 2.05) is 36.4 Å². The lowest BCUT2D eigenvalue weighted by molar-refractivity contribution is -0.903.